The zero-order valence-corrected chi connectivity index (χ0v) is 5.42. The van der Waals surface area contributed by atoms with Crippen LogP contribution in [0.2, 0.25) is 0 Å². The molecule has 0 aromatic carbocycles. The molecular formula is C5H2F3NO3. The highest BCUT2D eigenvalue weighted by Gasteiger charge is 2.38. The van der Waals surface area contributed by atoms with Gasteiger partial charge in [-0.15, -0.1) is 0 Å². The first kappa shape index (κ1) is 8.57. The lowest BCUT2D eigenvalue weighted by Gasteiger charge is -2.01. The van der Waals surface area contributed by atoms with Gasteiger partial charge in [0, 0.05) is 0 Å². The van der Waals surface area contributed by atoms with Crippen molar-refractivity contribution in [3.05, 3.63) is 17.5 Å². The summed E-state index contributed by atoms with van der Waals surface area (Å²) in [6, 6.07) is 0. The second-order valence-electron chi connectivity index (χ2n) is 1.88. The Bertz CT molecular complexity index is 303. The van der Waals surface area contributed by atoms with Crippen molar-refractivity contribution < 1.29 is 27.6 Å². The van der Waals surface area contributed by atoms with Crippen LogP contribution in [0, 0.1) is 0 Å². The number of hydrogen-bond donors (Lipinski definition) is 1. The molecular weight excluding hydrogens is 179 g/mol. The molecule has 4 nitrogen and oxygen atoms in total. The average molecular weight is 181 g/mol. The number of nitrogens with zero attached hydrogens (tertiary/aromatic N) is 1. The standard InChI is InChI=1S/C5H2F3NO3/c6-5(7,8)2-1-12-9-3(2)4(10)11/h1H,(H,10,11). The highest BCUT2D eigenvalue weighted by molar-refractivity contribution is 5.86. The summed E-state index contributed by atoms with van der Waals surface area (Å²) >= 11 is 0. The first-order valence-electron chi connectivity index (χ1n) is 2.68. The molecule has 1 heterocycles. The van der Waals surface area contributed by atoms with E-state index in [2.05, 4.69) is 9.68 Å². The SMILES string of the molecule is O=C(O)c1nocc1C(F)(F)F. The van der Waals surface area contributed by atoms with Crippen molar-refractivity contribution in [2.75, 3.05) is 0 Å². The van der Waals surface area contributed by atoms with Crippen LogP contribution in [0.4, 0.5) is 13.2 Å². The maximum atomic E-state index is 11.9. The fourth-order valence-electron chi connectivity index (χ4n) is 0.592. The van der Waals surface area contributed by atoms with E-state index in [1.807, 2.05) is 0 Å². The molecule has 1 rings (SSSR count). The molecule has 0 aliphatic rings. The molecule has 66 valence electrons. The van der Waals surface area contributed by atoms with Gasteiger partial charge >= 0.3 is 12.1 Å². The van der Waals surface area contributed by atoms with Crippen molar-refractivity contribution in [3.8, 4) is 0 Å². The minimum absolute atomic E-state index is 0.253. The summed E-state index contributed by atoms with van der Waals surface area (Å²) in [7, 11) is 0. The van der Waals surface area contributed by atoms with Crippen LogP contribution >= 0.6 is 0 Å². The maximum Gasteiger partial charge on any atom is 0.421 e. The number of carboxylic acid groups (broad SMARTS) is 1. The van der Waals surface area contributed by atoms with E-state index < -0.39 is 23.4 Å². The van der Waals surface area contributed by atoms with Crippen molar-refractivity contribution >= 4 is 5.97 Å². The highest BCUT2D eigenvalue weighted by atomic mass is 19.4. The zero-order chi connectivity index (χ0) is 9.35. The van der Waals surface area contributed by atoms with Crippen molar-refractivity contribution in [1.29, 1.82) is 0 Å². The molecule has 0 fully saturated rings. The Balaban J connectivity index is 3.17. The fourth-order valence-corrected chi connectivity index (χ4v) is 0.592. The van der Waals surface area contributed by atoms with E-state index in [0.717, 1.165) is 0 Å². The molecule has 0 aliphatic carbocycles. The fraction of sp³-hybridized carbons (Fsp3) is 0.200. The van der Waals surface area contributed by atoms with Gasteiger partial charge in [-0.3, -0.25) is 0 Å². The Morgan fingerprint density at radius 2 is 2.17 bits per heavy atom. The van der Waals surface area contributed by atoms with Gasteiger partial charge in [0.2, 0.25) is 5.69 Å². The molecule has 0 unspecified atom stereocenters. The molecule has 0 saturated carbocycles. The number of carboxylic acids is 1. The van der Waals surface area contributed by atoms with E-state index in [1.54, 1.807) is 0 Å². The van der Waals surface area contributed by atoms with E-state index in [0.29, 0.717) is 0 Å². The molecule has 7 heteroatoms. The van der Waals surface area contributed by atoms with Crippen LogP contribution in [0.5, 0.6) is 0 Å². The van der Waals surface area contributed by atoms with Crippen molar-refractivity contribution in [3.63, 3.8) is 0 Å². The van der Waals surface area contributed by atoms with Crippen molar-refractivity contribution in [2.45, 2.75) is 6.18 Å². The van der Waals surface area contributed by atoms with Gasteiger partial charge in [-0.2, -0.15) is 13.2 Å². The number of alkyl halides is 3. The number of halogens is 3. The molecule has 1 N–H and O–H groups in total. The van der Waals surface area contributed by atoms with Gasteiger partial charge in [-0.25, -0.2) is 4.79 Å². The van der Waals surface area contributed by atoms with Crippen molar-refractivity contribution in [1.82, 2.24) is 5.16 Å². The molecule has 0 saturated heterocycles. The summed E-state index contributed by atoms with van der Waals surface area (Å²) in [4.78, 5) is 10.1. The van der Waals surface area contributed by atoms with Crippen LogP contribution in [0.25, 0.3) is 0 Å². The summed E-state index contributed by atoms with van der Waals surface area (Å²) in [5.41, 5.74) is -2.50. The van der Waals surface area contributed by atoms with Crippen LogP contribution in [-0.2, 0) is 6.18 Å². The Hall–Kier alpha value is -1.53. The lowest BCUT2D eigenvalue weighted by molar-refractivity contribution is -0.138. The van der Waals surface area contributed by atoms with Gasteiger partial charge in [-0.1, -0.05) is 5.16 Å². The average Bonchev–Trinajstić information content (AvgIpc) is 2.30. The molecule has 0 atom stereocenters. The first-order chi connectivity index (χ1) is 5.43. The quantitative estimate of drug-likeness (QED) is 0.710. The second kappa shape index (κ2) is 2.50. The second-order valence-corrected chi connectivity index (χ2v) is 1.88. The summed E-state index contributed by atoms with van der Waals surface area (Å²) in [5, 5.41) is 10.9. The third-order valence-corrected chi connectivity index (χ3v) is 1.08. The van der Waals surface area contributed by atoms with Crippen LogP contribution in [-0.4, -0.2) is 16.2 Å². The number of rotatable bonds is 1. The van der Waals surface area contributed by atoms with Crippen LogP contribution < -0.4 is 0 Å². The predicted molar refractivity (Wildman–Crippen MR) is 28.5 cm³/mol. The van der Waals surface area contributed by atoms with Crippen LogP contribution in [0.3, 0.4) is 0 Å². The van der Waals surface area contributed by atoms with Gasteiger partial charge in [-0.05, 0) is 0 Å². The topological polar surface area (TPSA) is 63.3 Å². The minimum Gasteiger partial charge on any atom is -0.476 e. The number of aromatic carboxylic acids is 1. The van der Waals surface area contributed by atoms with Crippen LogP contribution in [0.15, 0.2) is 10.8 Å². The number of hydrogen-bond acceptors (Lipinski definition) is 3. The smallest absolute Gasteiger partial charge is 0.421 e. The lowest BCUT2D eigenvalue weighted by atomic mass is 10.2. The molecule has 0 aliphatic heterocycles. The van der Waals surface area contributed by atoms with E-state index in [-0.39, 0.29) is 6.26 Å². The molecule has 0 spiro atoms. The van der Waals surface area contributed by atoms with Gasteiger partial charge < -0.3 is 9.63 Å². The van der Waals surface area contributed by atoms with Gasteiger partial charge in [0.1, 0.15) is 11.8 Å². The molecule has 1 aromatic rings. The molecule has 12 heavy (non-hydrogen) atoms. The molecule has 0 bridgehead atoms. The monoisotopic (exact) mass is 181 g/mol. The van der Waals surface area contributed by atoms with E-state index in [1.165, 1.54) is 0 Å². The highest BCUT2D eigenvalue weighted by Crippen LogP contribution is 2.31. The summed E-state index contributed by atoms with van der Waals surface area (Å²) in [6.07, 6.45) is -4.49. The normalized spacial score (nSPS) is 11.6. The van der Waals surface area contributed by atoms with Gasteiger partial charge in [0.05, 0.1) is 0 Å². The summed E-state index contributed by atoms with van der Waals surface area (Å²) in [5.74, 6) is -1.77. The predicted octanol–water partition coefficient (Wildman–Crippen LogP) is 1.39. The Morgan fingerprint density at radius 1 is 1.58 bits per heavy atom. The minimum atomic E-state index is -4.74. The largest absolute Gasteiger partial charge is 0.476 e. The van der Waals surface area contributed by atoms with Gasteiger partial charge in [0.25, 0.3) is 0 Å². The van der Waals surface area contributed by atoms with Gasteiger partial charge in [0.15, 0.2) is 0 Å². The number of aromatic nitrogens is 1. The Kier molecular flexibility index (Phi) is 1.79. The summed E-state index contributed by atoms with van der Waals surface area (Å²) in [6.45, 7) is 0. The Labute approximate surface area is 63.6 Å². The lowest BCUT2D eigenvalue weighted by Crippen LogP contribution is -2.10. The zero-order valence-electron chi connectivity index (χ0n) is 5.42. The van der Waals surface area contributed by atoms with Crippen molar-refractivity contribution in [2.24, 2.45) is 0 Å². The van der Waals surface area contributed by atoms with E-state index in [4.69, 9.17) is 5.11 Å². The maximum absolute atomic E-state index is 11.9. The number of carbonyl (C=O) groups is 1. The Morgan fingerprint density at radius 3 is 2.50 bits per heavy atom. The molecule has 0 radical (unpaired) electrons. The first-order valence-corrected chi connectivity index (χ1v) is 2.68. The van der Waals surface area contributed by atoms with E-state index in [9.17, 15) is 18.0 Å². The third kappa shape index (κ3) is 1.39. The molecule has 0 amide bonds. The summed E-state index contributed by atoms with van der Waals surface area (Å²) < 4.78 is 39.5. The van der Waals surface area contributed by atoms with Crippen LogP contribution in [0.1, 0.15) is 16.1 Å². The third-order valence-electron chi connectivity index (χ3n) is 1.08. The molecule has 1 aromatic heterocycles. The van der Waals surface area contributed by atoms with E-state index >= 15 is 0 Å².